The van der Waals surface area contributed by atoms with Gasteiger partial charge in [-0.2, -0.15) is 0 Å². The molecule has 0 saturated heterocycles. The van der Waals surface area contributed by atoms with Crippen molar-refractivity contribution in [3.05, 3.63) is 59.7 Å². The first-order valence-electron chi connectivity index (χ1n) is 7.64. The van der Waals surface area contributed by atoms with Crippen LogP contribution < -0.4 is 20.5 Å². The van der Waals surface area contributed by atoms with Crippen LogP contribution in [0.4, 0.5) is 0 Å². The van der Waals surface area contributed by atoms with Crippen molar-refractivity contribution >= 4 is 18.3 Å². The standard InChI is InChI=1S/C18H20N2O3.ClH/c1-12(14-7-8-16-17(9-14)23-11-22-16)20-18(21)15(10-19)13-5-3-2-4-6-13;/h2-9,12,15H,10-11,19H2,1H3,(H,20,21);1H. The molecule has 2 aromatic rings. The Bertz CT molecular complexity index is 694. The lowest BCUT2D eigenvalue weighted by Crippen LogP contribution is -2.35. The highest BCUT2D eigenvalue weighted by molar-refractivity contribution is 5.85. The van der Waals surface area contributed by atoms with Crippen LogP contribution >= 0.6 is 12.4 Å². The highest BCUT2D eigenvalue weighted by Crippen LogP contribution is 2.34. The van der Waals surface area contributed by atoms with Crippen molar-refractivity contribution in [2.75, 3.05) is 13.3 Å². The molecule has 0 fully saturated rings. The van der Waals surface area contributed by atoms with Gasteiger partial charge in [-0.1, -0.05) is 36.4 Å². The second kappa shape index (κ2) is 8.04. The average molecular weight is 349 g/mol. The van der Waals surface area contributed by atoms with Gasteiger partial charge in [0.25, 0.3) is 0 Å². The molecule has 6 heteroatoms. The number of hydrogen-bond acceptors (Lipinski definition) is 4. The number of nitrogens with two attached hydrogens (primary N) is 1. The number of nitrogens with one attached hydrogen (secondary N) is 1. The second-order valence-corrected chi connectivity index (χ2v) is 5.54. The largest absolute Gasteiger partial charge is 0.454 e. The third kappa shape index (κ3) is 3.80. The van der Waals surface area contributed by atoms with Crippen molar-refractivity contribution in [1.82, 2.24) is 5.32 Å². The Labute approximate surface area is 147 Å². The summed E-state index contributed by atoms with van der Waals surface area (Å²) in [4.78, 5) is 12.5. The van der Waals surface area contributed by atoms with E-state index in [1.807, 2.05) is 55.5 Å². The lowest BCUT2D eigenvalue weighted by molar-refractivity contribution is -0.123. The smallest absolute Gasteiger partial charge is 0.231 e. The van der Waals surface area contributed by atoms with Gasteiger partial charge in [-0.25, -0.2) is 0 Å². The van der Waals surface area contributed by atoms with Crippen molar-refractivity contribution < 1.29 is 14.3 Å². The van der Waals surface area contributed by atoms with Crippen LogP contribution in [0.5, 0.6) is 11.5 Å². The number of halogens is 1. The Kier molecular flexibility index (Phi) is 6.06. The van der Waals surface area contributed by atoms with Crippen molar-refractivity contribution in [2.24, 2.45) is 5.73 Å². The molecule has 2 atom stereocenters. The van der Waals surface area contributed by atoms with Crippen LogP contribution in [0.2, 0.25) is 0 Å². The minimum absolute atomic E-state index is 0. The van der Waals surface area contributed by atoms with Gasteiger partial charge < -0.3 is 20.5 Å². The van der Waals surface area contributed by atoms with Crippen molar-refractivity contribution in [2.45, 2.75) is 18.9 Å². The molecule has 1 amide bonds. The van der Waals surface area contributed by atoms with Crippen LogP contribution in [0.25, 0.3) is 0 Å². The van der Waals surface area contributed by atoms with Gasteiger partial charge in [-0.15, -0.1) is 12.4 Å². The molecule has 1 heterocycles. The molecule has 3 rings (SSSR count). The molecule has 128 valence electrons. The molecule has 3 N–H and O–H groups in total. The summed E-state index contributed by atoms with van der Waals surface area (Å²) in [6.45, 7) is 2.44. The molecule has 0 aliphatic carbocycles. The van der Waals surface area contributed by atoms with Crippen molar-refractivity contribution in [3.8, 4) is 11.5 Å². The second-order valence-electron chi connectivity index (χ2n) is 5.54. The lowest BCUT2D eigenvalue weighted by atomic mass is 9.97. The number of benzene rings is 2. The van der Waals surface area contributed by atoms with Crippen LogP contribution in [0.15, 0.2) is 48.5 Å². The first-order chi connectivity index (χ1) is 11.2. The zero-order chi connectivity index (χ0) is 16.2. The SMILES string of the molecule is CC(NC(=O)C(CN)c1ccccc1)c1ccc2c(c1)OCO2.Cl. The Hall–Kier alpha value is -2.24. The molecular formula is C18H21ClN2O3. The predicted octanol–water partition coefficient (Wildman–Crippen LogP) is 2.76. The van der Waals surface area contributed by atoms with Crippen molar-refractivity contribution in [3.63, 3.8) is 0 Å². The Morgan fingerprint density at radius 3 is 2.54 bits per heavy atom. The molecule has 0 radical (unpaired) electrons. The van der Waals surface area contributed by atoms with Crippen LogP contribution in [0.3, 0.4) is 0 Å². The van der Waals surface area contributed by atoms with Gasteiger partial charge in [-0.05, 0) is 30.2 Å². The fraction of sp³-hybridized carbons (Fsp3) is 0.278. The van der Waals surface area contributed by atoms with E-state index in [9.17, 15) is 4.79 Å². The number of amides is 1. The zero-order valence-corrected chi connectivity index (χ0v) is 14.2. The van der Waals surface area contributed by atoms with E-state index >= 15 is 0 Å². The molecule has 0 bridgehead atoms. The summed E-state index contributed by atoms with van der Waals surface area (Å²) in [6.07, 6.45) is 0. The van der Waals surface area contributed by atoms with Gasteiger partial charge in [0, 0.05) is 6.54 Å². The summed E-state index contributed by atoms with van der Waals surface area (Å²) >= 11 is 0. The maximum Gasteiger partial charge on any atom is 0.231 e. The number of fused-ring (bicyclic) bond motifs is 1. The van der Waals surface area contributed by atoms with Gasteiger partial charge in [0.05, 0.1) is 12.0 Å². The van der Waals surface area contributed by atoms with Gasteiger partial charge in [0.2, 0.25) is 12.7 Å². The maximum atomic E-state index is 12.5. The summed E-state index contributed by atoms with van der Waals surface area (Å²) in [7, 11) is 0. The molecule has 24 heavy (non-hydrogen) atoms. The summed E-state index contributed by atoms with van der Waals surface area (Å²) in [5.41, 5.74) is 7.68. The van der Waals surface area contributed by atoms with E-state index in [1.165, 1.54) is 0 Å². The van der Waals surface area contributed by atoms with E-state index in [0.29, 0.717) is 5.75 Å². The van der Waals surface area contributed by atoms with E-state index < -0.39 is 0 Å². The van der Waals surface area contributed by atoms with Gasteiger partial charge in [0.15, 0.2) is 11.5 Å². The monoisotopic (exact) mass is 348 g/mol. The highest BCUT2D eigenvalue weighted by atomic mass is 35.5. The minimum atomic E-state index is -0.354. The molecule has 0 saturated carbocycles. The van der Waals surface area contributed by atoms with E-state index in [2.05, 4.69) is 5.32 Å². The third-order valence-electron chi connectivity index (χ3n) is 4.01. The van der Waals surface area contributed by atoms with E-state index in [-0.39, 0.29) is 43.6 Å². The Morgan fingerprint density at radius 1 is 1.12 bits per heavy atom. The topological polar surface area (TPSA) is 73.6 Å². The number of hydrogen-bond donors (Lipinski definition) is 2. The first kappa shape index (κ1) is 18.1. The molecule has 1 aliphatic heterocycles. The summed E-state index contributed by atoms with van der Waals surface area (Å²) in [5.74, 6) is 1.01. The molecule has 1 aliphatic rings. The molecule has 0 spiro atoms. The van der Waals surface area contributed by atoms with Crippen LogP contribution in [0.1, 0.15) is 30.0 Å². The maximum absolute atomic E-state index is 12.5. The first-order valence-corrected chi connectivity index (χ1v) is 7.64. The number of carbonyl (C=O) groups excluding carboxylic acids is 1. The molecular weight excluding hydrogens is 328 g/mol. The predicted molar refractivity (Wildman–Crippen MR) is 94.6 cm³/mol. The number of rotatable bonds is 5. The summed E-state index contributed by atoms with van der Waals surface area (Å²) in [5, 5.41) is 3.02. The average Bonchev–Trinajstić information content (AvgIpc) is 3.04. The Balaban J connectivity index is 0.00000208. The fourth-order valence-electron chi connectivity index (χ4n) is 2.66. The van der Waals surface area contributed by atoms with Gasteiger partial charge in [-0.3, -0.25) is 4.79 Å². The zero-order valence-electron chi connectivity index (χ0n) is 13.4. The quantitative estimate of drug-likeness (QED) is 0.871. The minimum Gasteiger partial charge on any atom is -0.454 e. The molecule has 2 unspecified atom stereocenters. The van der Waals surface area contributed by atoms with Crippen molar-refractivity contribution in [1.29, 1.82) is 0 Å². The molecule has 0 aromatic heterocycles. The third-order valence-corrected chi connectivity index (χ3v) is 4.01. The lowest BCUT2D eigenvalue weighted by Gasteiger charge is -2.20. The summed E-state index contributed by atoms with van der Waals surface area (Å²) in [6, 6.07) is 15.1. The van der Waals surface area contributed by atoms with Crippen LogP contribution in [-0.2, 0) is 4.79 Å². The van der Waals surface area contributed by atoms with Gasteiger partial charge >= 0.3 is 0 Å². The molecule has 5 nitrogen and oxygen atoms in total. The van der Waals surface area contributed by atoms with E-state index in [1.54, 1.807) is 0 Å². The normalized spacial score (nSPS) is 14.4. The van der Waals surface area contributed by atoms with Crippen LogP contribution in [-0.4, -0.2) is 19.2 Å². The van der Waals surface area contributed by atoms with E-state index in [0.717, 1.165) is 16.9 Å². The van der Waals surface area contributed by atoms with Crippen LogP contribution in [0, 0.1) is 0 Å². The van der Waals surface area contributed by atoms with Gasteiger partial charge in [0.1, 0.15) is 0 Å². The number of carbonyl (C=O) groups is 1. The molecule has 2 aromatic carbocycles. The fourth-order valence-corrected chi connectivity index (χ4v) is 2.66. The van der Waals surface area contributed by atoms with E-state index in [4.69, 9.17) is 15.2 Å². The Morgan fingerprint density at radius 2 is 1.83 bits per heavy atom. The highest BCUT2D eigenvalue weighted by Gasteiger charge is 2.22. The summed E-state index contributed by atoms with van der Waals surface area (Å²) < 4.78 is 10.7. The number of ether oxygens (including phenoxy) is 2.